The van der Waals surface area contributed by atoms with Gasteiger partial charge in [0.25, 0.3) is 5.91 Å². The SMILES string of the molecule is CCc1nc(-c2ccc(C(=O)Nc3ccc(NC(C)=O)cc3)cc2)no1. The fourth-order valence-electron chi connectivity index (χ4n) is 2.33. The summed E-state index contributed by atoms with van der Waals surface area (Å²) in [4.78, 5) is 27.6. The van der Waals surface area contributed by atoms with E-state index in [1.807, 2.05) is 6.92 Å². The standard InChI is InChI=1S/C19H18N4O3/c1-3-17-22-18(23-26-17)13-4-6-14(7-5-13)19(25)21-16-10-8-15(9-11-16)20-12(2)24/h4-11H,3H2,1-2H3,(H,20,24)(H,21,25). The summed E-state index contributed by atoms with van der Waals surface area (Å²) in [6, 6.07) is 13.9. The summed E-state index contributed by atoms with van der Waals surface area (Å²) in [6.45, 7) is 3.38. The average molecular weight is 350 g/mol. The first-order valence-corrected chi connectivity index (χ1v) is 8.17. The van der Waals surface area contributed by atoms with Crippen molar-refractivity contribution >= 4 is 23.2 Å². The molecule has 0 spiro atoms. The maximum absolute atomic E-state index is 12.3. The topological polar surface area (TPSA) is 97.1 Å². The third kappa shape index (κ3) is 4.13. The van der Waals surface area contributed by atoms with E-state index in [1.165, 1.54) is 6.92 Å². The monoisotopic (exact) mass is 350 g/mol. The van der Waals surface area contributed by atoms with Crippen molar-refractivity contribution in [3.8, 4) is 11.4 Å². The second kappa shape index (κ2) is 7.60. The smallest absolute Gasteiger partial charge is 0.255 e. The van der Waals surface area contributed by atoms with Gasteiger partial charge in [0.05, 0.1) is 0 Å². The largest absolute Gasteiger partial charge is 0.339 e. The number of anilines is 2. The lowest BCUT2D eigenvalue weighted by Crippen LogP contribution is -2.12. The Labute approximate surface area is 150 Å². The Hall–Kier alpha value is -3.48. The van der Waals surface area contributed by atoms with Crippen LogP contribution in [0.25, 0.3) is 11.4 Å². The summed E-state index contributed by atoms with van der Waals surface area (Å²) in [5.74, 6) is 0.701. The molecule has 0 bridgehead atoms. The molecule has 1 aromatic heterocycles. The fraction of sp³-hybridized carbons (Fsp3) is 0.158. The molecule has 3 rings (SSSR count). The zero-order valence-corrected chi connectivity index (χ0v) is 14.4. The van der Waals surface area contributed by atoms with Gasteiger partial charge in [0.1, 0.15) is 0 Å². The molecule has 0 unspecified atom stereocenters. The number of nitrogens with zero attached hydrogens (tertiary/aromatic N) is 2. The van der Waals surface area contributed by atoms with Gasteiger partial charge in [0, 0.05) is 35.8 Å². The number of hydrogen-bond acceptors (Lipinski definition) is 5. The maximum atomic E-state index is 12.3. The Bertz CT molecular complexity index is 915. The number of amides is 2. The lowest BCUT2D eigenvalue weighted by Gasteiger charge is -2.07. The normalized spacial score (nSPS) is 10.4. The summed E-state index contributed by atoms with van der Waals surface area (Å²) < 4.78 is 5.09. The minimum atomic E-state index is -0.230. The van der Waals surface area contributed by atoms with Crippen LogP contribution in [0.1, 0.15) is 30.1 Å². The van der Waals surface area contributed by atoms with E-state index in [9.17, 15) is 9.59 Å². The van der Waals surface area contributed by atoms with Gasteiger partial charge in [-0.05, 0) is 36.4 Å². The highest BCUT2D eigenvalue weighted by molar-refractivity contribution is 6.04. The van der Waals surface area contributed by atoms with E-state index in [1.54, 1.807) is 48.5 Å². The molecule has 7 nitrogen and oxygen atoms in total. The van der Waals surface area contributed by atoms with E-state index >= 15 is 0 Å². The van der Waals surface area contributed by atoms with Gasteiger partial charge < -0.3 is 15.2 Å². The van der Waals surface area contributed by atoms with Crippen molar-refractivity contribution in [1.29, 1.82) is 0 Å². The third-order valence-electron chi connectivity index (χ3n) is 3.64. The van der Waals surface area contributed by atoms with Gasteiger partial charge in [0.15, 0.2) is 0 Å². The number of benzene rings is 2. The molecule has 2 amide bonds. The summed E-state index contributed by atoms with van der Waals surface area (Å²) in [5, 5.41) is 9.39. The fourth-order valence-corrected chi connectivity index (χ4v) is 2.33. The zero-order valence-electron chi connectivity index (χ0n) is 14.4. The van der Waals surface area contributed by atoms with E-state index < -0.39 is 0 Å². The molecule has 0 saturated carbocycles. The molecule has 132 valence electrons. The molecular formula is C19H18N4O3. The molecule has 0 atom stereocenters. The second-order valence-corrected chi connectivity index (χ2v) is 5.66. The molecule has 0 saturated heterocycles. The maximum Gasteiger partial charge on any atom is 0.255 e. The van der Waals surface area contributed by atoms with Crippen LogP contribution in [0.15, 0.2) is 53.1 Å². The molecule has 1 heterocycles. The lowest BCUT2D eigenvalue weighted by atomic mass is 10.1. The van der Waals surface area contributed by atoms with Gasteiger partial charge in [0.2, 0.25) is 17.6 Å². The first-order chi connectivity index (χ1) is 12.5. The van der Waals surface area contributed by atoms with E-state index in [0.29, 0.717) is 35.1 Å². The van der Waals surface area contributed by atoms with Crippen LogP contribution in [-0.2, 0) is 11.2 Å². The molecule has 7 heteroatoms. The molecular weight excluding hydrogens is 332 g/mol. The second-order valence-electron chi connectivity index (χ2n) is 5.66. The van der Waals surface area contributed by atoms with Crippen molar-refractivity contribution in [3.05, 3.63) is 60.0 Å². The number of nitrogens with one attached hydrogen (secondary N) is 2. The number of carbonyl (C=O) groups is 2. The molecule has 0 fully saturated rings. The van der Waals surface area contributed by atoms with Crippen LogP contribution >= 0.6 is 0 Å². The average Bonchev–Trinajstić information content (AvgIpc) is 3.12. The zero-order chi connectivity index (χ0) is 18.5. The number of aromatic nitrogens is 2. The minimum absolute atomic E-state index is 0.144. The van der Waals surface area contributed by atoms with Crippen LogP contribution in [0, 0.1) is 0 Å². The molecule has 26 heavy (non-hydrogen) atoms. The van der Waals surface area contributed by atoms with E-state index in [0.717, 1.165) is 5.56 Å². The molecule has 0 aliphatic rings. The van der Waals surface area contributed by atoms with Gasteiger partial charge in [-0.1, -0.05) is 24.2 Å². The van der Waals surface area contributed by atoms with Crippen molar-refractivity contribution in [2.45, 2.75) is 20.3 Å². The number of aryl methyl sites for hydroxylation is 1. The molecule has 0 aliphatic carbocycles. The van der Waals surface area contributed by atoms with Gasteiger partial charge in [-0.2, -0.15) is 4.98 Å². The Morgan fingerprint density at radius 2 is 1.58 bits per heavy atom. The van der Waals surface area contributed by atoms with Crippen LogP contribution in [0.4, 0.5) is 11.4 Å². The van der Waals surface area contributed by atoms with Crippen molar-refractivity contribution < 1.29 is 14.1 Å². The third-order valence-corrected chi connectivity index (χ3v) is 3.64. The first-order valence-electron chi connectivity index (χ1n) is 8.17. The summed E-state index contributed by atoms with van der Waals surface area (Å²) in [6.07, 6.45) is 0.675. The van der Waals surface area contributed by atoms with Crippen LogP contribution < -0.4 is 10.6 Å². The predicted octanol–water partition coefficient (Wildman–Crippen LogP) is 3.51. The number of carbonyl (C=O) groups excluding carboxylic acids is 2. The van der Waals surface area contributed by atoms with Gasteiger partial charge in [-0.3, -0.25) is 9.59 Å². The Balaban J connectivity index is 1.67. The molecule has 2 aromatic carbocycles. The van der Waals surface area contributed by atoms with Gasteiger partial charge in [-0.25, -0.2) is 0 Å². The Morgan fingerprint density at radius 3 is 2.12 bits per heavy atom. The molecule has 0 aliphatic heterocycles. The van der Waals surface area contributed by atoms with Crippen LogP contribution in [0.3, 0.4) is 0 Å². The highest BCUT2D eigenvalue weighted by atomic mass is 16.5. The van der Waals surface area contributed by atoms with Crippen LogP contribution in [0.2, 0.25) is 0 Å². The Morgan fingerprint density at radius 1 is 0.962 bits per heavy atom. The van der Waals surface area contributed by atoms with E-state index in [-0.39, 0.29) is 11.8 Å². The summed E-state index contributed by atoms with van der Waals surface area (Å²) in [7, 11) is 0. The number of rotatable bonds is 5. The molecule has 3 aromatic rings. The lowest BCUT2D eigenvalue weighted by molar-refractivity contribution is -0.114. The van der Waals surface area contributed by atoms with Crippen molar-refractivity contribution in [2.75, 3.05) is 10.6 Å². The van der Waals surface area contributed by atoms with E-state index in [2.05, 4.69) is 20.8 Å². The van der Waals surface area contributed by atoms with Gasteiger partial charge >= 0.3 is 0 Å². The molecule has 0 radical (unpaired) electrons. The quantitative estimate of drug-likeness (QED) is 0.734. The molecule has 2 N–H and O–H groups in total. The Kier molecular flexibility index (Phi) is 5.07. The van der Waals surface area contributed by atoms with E-state index in [4.69, 9.17) is 4.52 Å². The summed E-state index contributed by atoms with van der Waals surface area (Å²) >= 11 is 0. The predicted molar refractivity (Wildman–Crippen MR) is 97.8 cm³/mol. The summed E-state index contributed by atoms with van der Waals surface area (Å²) in [5.41, 5.74) is 2.61. The minimum Gasteiger partial charge on any atom is -0.339 e. The highest BCUT2D eigenvalue weighted by Gasteiger charge is 2.10. The van der Waals surface area contributed by atoms with Crippen LogP contribution in [-0.4, -0.2) is 22.0 Å². The number of hydrogen-bond donors (Lipinski definition) is 2. The highest BCUT2D eigenvalue weighted by Crippen LogP contribution is 2.18. The van der Waals surface area contributed by atoms with Crippen molar-refractivity contribution in [2.24, 2.45) is 0 Å². The van der Waals surface area contributed by atoms with Crippen molar-refractivity contribution in [3.63, 3.8) is 0 Å². The van der Waals surface area contributed by atoms with Gasteiger partial charge in [-0.15, -0.1) is 0 Å². The van der Waals surface area contributed by atoms with Crippen LogP contribution in [0.5, 0.6) is 0 Å². The van der Waals surface area contributed by atoms with Crippen molar-refractivity contribution in [1.82, 2.24) is 10.1 Å². The first kappa shape index (κ1) is 17.3.